The minimum absolute atomic E-state index is 0.116. The van der Waals surface area contributed by atoms with Crippen molar-refractivity contribution in [3.05, 3.63) is 64.4 Å². The molecule has 1 fully saturated rings. The number of thiazole rings is 1. The molecule has 2 N–H and O–H groups in total. The summed E-state index contributed by atoms with van der Waals surface area (Å²) in [6.07, 6.45) is -4.78. The molecule has 0 aliphatic carbocycles. The molecule has 182 valence electrons. The molecule has 0 unspecified atom stereocenters. The lowest BCUT2D eigenvalue weighted by Gasteiger charge is -2.25. The minimum Gasteiger partial charge on any atom is -0.379 e. The smallest absolute Gasteiger partial charge is 0.379 e. The predicted octanol–water partition coefficient (Wildman–Crippen LogP) is 4.93. The second kappa shape index (κ2) is 9.36. The van der Waals surface area contributed by atoms with E-state index in [1.807, 2.05) is 5.38 Å². The Kier molecular flexibility index (Phi) is 6.26. The number of nitrogens with zero attached hydrogens (tertiary/aromatic N) is 3. The molecule has 1 saturated heterocycles. The molecular weight excluding hydrogens is 486 g/mol. The summed E-state index contributed by atoms with van der Waals surface area (Å²) < 4.78 is 59.3. The van der Waals surface area contributed by atoms with Gasteiger partial charge in [0.05, 0.1) is 35.6 Å². The Morgan fingerprint density at radius 2 is 1.97 bits per heavy atom. The van der Waals surface area contributed by atoms with Gasteiger partial charge in [-0.05, 0) is 30.3 Å². The number of morpholine rings is 1. The maximum Gasteiger partial charge on any atom is 0.417 e. The summed E-state index contributed by atoms with van der Waals surface area (Å²) >= 11 is 1.28. The fourth-order valence-electron chi connectivity index (χ4n) is 3.89. The van der Waals surface area contributed by atoms with Crippen molar-refractivity contribution >= 4 is 33.4 Å². The zero-order valence-corrected chi connectivity index (χ0v) is 19.0. The highest BCUT2D eigenvalue weighted by atomic mass is 32.1. The number of H-pyrrole nitrogens is 1. The molecule has 1 aliphatic heterocycles. The Morgan fingerprint density at radius 3 is 2.74 bits per heavy atom. The second-order valence-electron chi connectivity index (χ2n) is 7.96. The van der Waals surface area contributed by atoms with Crippen molar-refractivity contribution in [2.45, 2.75) is 12.7 Å². The lowest BCUT2D eigenvalue weighted by atomic mass is 10.1. The van der Waals surface area contributed by atoms with Crippen LogP contribution in [-0.4, -0.2) is 52.1 Å². The zero-order valence-electron chi connectivity index (χ0n) is 18.2. The van der Waals surface area contributed by atoms with Gasteiger partial charge in [0.15, 0.2) is 5.13 Å². The molecule has 0 atom stereocenters. The lowest BCUT2D eigenvalue weighted by Crippen LogP contribution is -2.35. The van der Waals surface area contributed by atoms with Crippen molar-refractivity contribution in [3.63, 3.8) is 0 Å². The Hall–Kier alpha value is -3.35. The molecule has 4 aromatic rings. The molecule has 3 heterocycles. The van der Waals surface area contributed by atoms with Crippen molar-refractivity contribution in [1.82, 2.24) is 19.9 Å². The maximum atomic E-state index is 13.5. The molecule has 1 amide bonds. The van der Waals surface area contributed by atoms with Crippen LogP contribution in [0.15, 0.2) is 41.8 Å². The van der Waals surface area contributed by atoms with Crippen molar-refractivity contribution in [2.24, 2.45) is 0 Å². The van der Waals surface area contributed by atoms with Crippen LogP contribution in [0, 0.1) is 5.82 Å². The van der Waals surface area contributed by atoms with Gasteiger partial charge in [-0.1, -0.05) is 6.07 Å². The van der Waals surface area contributed by atoms with Crippen LogP contribution in [-0.2, 0) is 17.5 Å². The van der Waals surface area contributed by atoms with Crippen LogP contribution in [0.5, 0.6) is 0 Å². The van der Waals surface area contributed by atoms with Crippen LogP contribution in [0.2, 0.25) is 0 Å². The minimum atomic E-state index is -4.78. The van der Waals surface area contributed by atoms with Gasteiger partial charge in [0.25, 0.3) is 5.91 Å². The third-order valence-electron chi connectivity index (χ3n) is 5.56. The summed E-state index contributed by atoms with van der Waals surface area (Å²) in [6.45, 7) is 3.62. The average molecular weight is 505 g/mol. The molecule has 7 nitrogen and oxygen atoms in total. The number of fused-ring (bicyclic) bond motifs is 1. The van der Waals surface area contributed by atoms with E-state index in [0.717, 1.165) is 30.9 Å². The van der Waals surface area contributed by atoms with E-state index in [4.69, 9.17) is 4.74 Å². The van der Waals surface area contributed by atoms with E-state index >= 15 is 0 Å². The number of carbonyl (C=O) groups is 1. The number of alkyl halides is 3. The van der Waals surface area contributed by atoms with Gasteiger partial charge in [-0.15, -0.1) is 11.3 Å². The van der Waals surface area contributed by atoms with Gasteiger partial charge >= 0.3 is 6.18 Å². The van der Waals surface area contributed by atoms with E-state index in [2.05, 4.69) is 25.2 Å². The van der Waals surface area contributed by atoms with Crippen LogP contribution in [0.1, 0.15) is 21.6 Å². The first kappa shape index (κ1) is 23.4. The second-order valence-corrected chi connectivity index (χ2v) is 8.82. The summed E-state index contributed by atoms with van der Waals surface area (Å²) in [4.78, 5) is 26.7. The van der Waals surface area contributed by atoms with E-state index in [1.54, 1.807) is 12.1 Å². The van der Waals surface area contributed by atoms with Gasteiger partial charge < -0.3 is 9.72 Å². The van der Waals surface area contributed by atoms with E-state index in [-0.39, 0.29) is 22.5 Å². The number of benzene rings is 2. The first-order chi connectivity index (χ1) is 16.8. The molecule has 0 spiro atoms. The first-order valence-electron chi connectivity index (χ1n) is 10.7. The summed E-state index contributed by atoms with van der Waals surface area (Å²) in [5, 5.41) is 5.01. The molecule has 5 rings (SSSR count). The number of carbonyl (C=O) groups excluding carboxylic acids is 1. The van der Waals surface area contributed by atoms with Gasteiger partial charge in [0.1, 0.15) is 17.2 Å². The normalized spacial score (nSPS) is 15.0. The molecule has 2 aromatic carbocycles. The third kappa shape index (κ3) is 5.04. The van der Waals surface area contributed by atoms with Crippen LogP contribution < -0.4 is 5.32 Å². The first-order valence-corrected chi connectivity index (χ1v) is 11.6. The average Bonchev–Trinajstić information content (AvgIpc) is 3.45. The molecule has 0 radical (unpaired) electrons. The number of para-hydroxylation sites is 1. The fourth-order valence-corrected chi connectivity index (χ4v) is 4.59. The van der Waals surface area contributed by atoms with Crippen molar-refractivity contribution in [1.29, 1.82) is 0 Å². The van der Waals surface area contributed by atoms with Gasteiger partial charge in [0, 0.05) is 30.6 Å². The van der Waals surface area contributed by atoms with Gasteiger partial charge in [0.2, 0.25) is 0 Å². The van der Waals surface area contributed by atoms with Crippen LogP contribution in [0.4, 0.5) is 22.7 Å². The summed E-state index contributed by atoms with van der Waals surface area (Å²) in [7, 11) is 0. The Balaban J connectivity index is 1.40. The van der Waals surface area contributed by atoms with E-state index in [1.165, 1.54) is 17.4 Å². The number of amides is 1. The summed E-state index contributed by atoms with van der Waals surface area (Å²) in [6, 6.07) is 7.10. The Labute approximate surface area is 200 Å². The van der Waals surface area contributed by atoms with E-state index in [0.29, 0.717) is 36.5 Å². The van der Waals surface area contributed by atoms with E-state index in [9.17, 15) is 22.4 Å². The molecule has 12 heteroatoms. The summed E-state index contributed by atoms with van der Waals surface area (Å²) in [5.74, 6) is -1.61. The SMILES string of the molecule is O=C(Nc1nc(CN2CCOCC2)cs1)c1cccc2[nH]c(-c3ccc(F)cc3C(F)(F)F)nc12. The summed E-state index contributed by atoms with van der Waals surface area (Å²) in [5.41, 5.74) is 0.0983. The topological polar surface area (TPSA) is 83.1 Å². The highest BCUT2D eigenvalue weighted by Crippen LogP contribution is 2.37. The Morgan fingerprint density at radius 1 is 1.17 bits per heavy atom. The number of imidazole rings is 1. The third-order valence-corrected chi connectivity index (χ3v) is 6.37. The zero-order chi connectivity index (χ0) is 24.6. The molecule has 1 aliphatic rings. The number of anilines is 1. The van der Waals surface area contributed by atoms with Gasteiger partial charge in [-0.3, -0.25) is 15.0 Å². The molecule has 0 bridgehead atoms. The number of halogens is 4. The molecule has 35 heavy (non-hydrogen) atoms. The van der Waals surface area contributed by atoms with Gasteiger partial charge in [-0.25, -0.2) is 14.4 Å². The van der Waals surface area contributed by atoms with Crippen molar-refractivity contribution < 1.29 is 27.1 Å². The maximum absolute atomic E-state index is 13.5. The number of hydrogen-bond donors (Lipinski definition) is 2. The monoisotopic (exact) mass is 505 g/mol. The number of ether oxygens (including phenoxy) is 1. The van der Waals surface area contributed by atoms with Crippen LogP contribution in [0.3, 0.4) is 0 Å². The standard InChI is InChI=1S/C23H19F4N5O2S/c24-13-4-5-15(17(10-13)23(25,26)27)20-29-18-3-1-2-16(19(18)30-20)21(33)31-22-28-14(12-35-22)11-32-6-8-34-9-7-32/h1-5,10,12H,6-9,11H2,(H,29,30)(H,28,31,33). The van der Waals surface area contributed by atoms with Crippen LogP contribution in [0.25, 0.3) is 22.4 Å². The number of aromatic amines is 1. The largest absolute Gasteiger partial charge is 0.417 e. The number of hydrogen-bond acceptors (Lipinski definition) is 6. The van der Waals surface area contributed by atoms with Crippen molar-refractivity contribution in [2.75, 3.05) is 31.6 Å². The van der Waals surface area contributed by atoms with E-state index < -0.39 is 23.5 Å². The number of rotatable bonds is 5. The molecule has 2 aromatic heterocycles. The molecule has 0 saturated carbocycles. The Bertz CT molecular complexity index is 1380. The quantitative estimate of drug-likeness (QED) is 0.376. The van der Waals surface area contributed by atoms with Crippen LogP contribution >= 0.6 is 11.3 Å². The lowest BCUT2D eigenvalue weighted by molar-refractivity contribution is -0.137. The molecular formula is C23H19F4N5O2S. The highest BCUT2D eigenvalue weighted by Gasteiger charge is 2.35. The number of nitrogens with one attached hydrogen (secondary N) is 2. The highest BCUT2D eigenvalue weighted by molar-refractivity contribution is 7.14. The van der Waals surface area contributed by atoms with Crippen molar-refractivity contribution in [3.8, 4) is 11.4 Å². The number of aromatic nitrogens is 3. The van der Waals surface area contributed by atoms with Gasteiger partial charge in [-0.2, -0.15) is 13.2 Å². The fraction of sp³-hybridized carbons (Fsp3) is 0.261. The predicted molar refractivity (Wildman–Crippen MR) is 123 cm³/mol.